The lowest BCUT2D eigenvalue weighted by atomic mass is 10.1. The molecule has 0 spiro atoms. The van der Waals surface area contributed by atoms with E-state index in [0.717, 1.165) is 36.2 Å². The third-order valence-corrected chi connectivity index (χ3v) is 6.53. The third kappa shape index (κ3) is 3.28. The van der Waals surface area contributed by atoms with Crippen molar-refractivity contribution in [1.29, 1.82) is 0 Å². The molecular weight excluding hydrogens is 390 g/mol. The summed E-state index contributed by atoms with van der Waals surface area (Å²) < 4.78 is 6.66. The van der Waals surface area contributed by atoms with Gasteiger partial charge in [-0.05, 0) is 58.1 Å². The summed E-state index contributed by atoms with van der Waals surface area (Å²) in [4.78, 5) is 9.85. The SMILES string of the molecule is Brc1ccc(CN2CC3CC2CN3CCc2ccc3c(c2)CCO3)nc1. The number of aromatic nitrogens is 1. The molecule has 2 unspecified atom stereocenters. The quantitative estimate of drug-likeness (QED) is 0.751. The highest BCUT2D eigenvalue weighted by atomic mass is 79.9. The van der Waals surface area contributed by atoms with Gasteiger partial charge in [-0.15, -0.1) is 0 Å². The topological polar surface area (TPSA) is 28.6 Å². The van der Waals surface area contributed by atoms with Crippen LogP contribution in [0.25, 0.3) is 0 Å². The second-order valence-electron chi connectivity index (χ2n) is 7.73. The van der Waals surface area contributed by atoms with Gasteiger partial charge in [-0.3, -0.25) is 14.8 Å². The molecule has 0 saturated carbocycles. The fourth-order valence-corrected chi connectivity index (χ4v) is 4.91. The predicted molar refractivity (Wildman–Crippen MR) is 105 cm³/mol. The molecule has 2 bridgehead atoms. The van der Waals surface area contributed by atoms with Crippen LogP contribution in [0.5, 0.6) is 5.75 Å². The summed E-state index contributed by atoms with van der Waals surface area (Å²) in [6.45, 7) is 5.38. The first kappa shape index (κ1) is 16.7. The van der Waals surface area contributed by atoms with Gasteiger partial charge in [0.15, 0.2) is 0 Å². The maximum atomic E-state index is 5.62. The zero-order chi connectivity index (χ0) is 17.5. The standard InChI is InChI=1S/C21H24BrN3O/c22-17-2-3-18(23-11-17)12-25-14-19-10-20(25)13-24(19)7-5-15-1-4-21-16(9-15)6-8-26-21/h1-4,9,11,19-20H,5-8,10,12-14H2. The van der Waals surface area contributed by atoms with Gasteiger partial charge in [-0.1, -0.05) is 12.1 Å². The van der Waals surface area contributed by atoms with Crippen molar-refractivity contribution in [1.82, 2.24) is 14.8 Å². The van der Waals surface area contributed by atoms with E-state index in [1.165, 1.54) is 42.9 Å². The Morgan fingerprint density at radius 1 is 1.12 bits per heavy atom. The molecular formula is C21H24BrN3O. The van der Waals surface area contributed by atoms with Crippen LogP contribution in [0.4, 0.5) is 0 Å². The summed E-state index contributed by atoms with van der Waals surface area (Å²) in [5.41, 5.74) is 4.01. The number of piperazine rings is 1. The lowest BCUT2D eigenvalue weighted by molar-refractivity contribution is 0.123. The van der Waals surface area contributed by atoms with E-state index in [1.807, 2.05) is 6.20 Å². The van der Waals surface area contributed by atoms with E-state index in [9.17, 15) is 0 Å². The van der Waals surface area contributed by atoms with Gasteiger partial charge in [0.05, 0.1) is 12.3 Å². The van der Waals surface area contributed by atoms with E-state index in [0.29, 0.717) is 12.1 Å². The van der Waals surface area contributed by atoms with Crippen molar-refractivity contribution in [2.75, 3.05) is 26.2 Å². The van der Waals surface area contributed by atoms with Crippen molar-refractivity contribution < 1.29 is 4.74 Å². The molecule has 4 heterocycles. The van der Waals surface area contributed by atoms with E-state index >= 15 is 0 Å². The molecule has 2 fully saturated rings. The normalized spacial score (nSPS) is 24.8. The number of pyridine rings is 1. The molecule has 0 amide bonds. The minimum absolute atomic E-state index is 0.693. The molecule has 3 aliphatic rings. The Kier molecular flexibility index (Phi) is 4.47. The predicted octanol–water partition coefficient (Wildman–Crippen LogP) is 3.28. The average molecular weight is 414 g/mol. The van der Waals surface area contributed by atoms with Gasteiger partial charge in [0, 0.05) is 55.4 Å². The Morgan fingerprint density at radius 3 is 2.81 bits per heavy atom. The van der Waals surface area contributed by atoms with Crippen LogP contribution < -0.4 is 4.74 Å². The molecule has 136 valence electrons. The van der Waals surface area contributed by atoms with Crippen LogP contribution in [0.2, 0.25) is 0 Å². The van der Waals surface area contributed by atoms with Crippen LogP contribution >= 0.6 is 15.9 Å². The van der Waals surface area contributed by atoms with E-state index in [1.54, 1.807) is 0 Å². The molecule has 1 aromatic carbocycles. The highest BCUT2D eigenvalue weighted by Crippen LogP contribution is 2.32. The minimum atomic E-state index is 0.693. The second-order valence-corrected chi connectivity index (χ2v) is 8.64. The van der Waals surface area contributed by atoms with Gasteiger partial charge in [0.25, 0.3) is 0 Å². The lowest BCUT2D eigenvalue weighted by Gasteiger charge is -2.34. The van der Waals surface area contributed by atoms with Crippen LogP contribution in [0.1, 0.15) is 23.2 Å². The first-order valence-corrected chi connectivity index (χ1v) is 10.4. The Balaban J connectivity index is 1.15. The first-order valence-electron chi connectivity index (χ1n) is 9.58. The molecule has 0 N–H and O–H groups in total. The molecule has 2 saturated heterocycles. The number of likely N-dealkylation sites (tertiary alicyclic amines) is 2. The number of benzene rings is 1. The highest BCUT2D eigenvalue weighted by Gasteiger charge is 2.42. The summed E-state index contributed by atoms with van der Waals surface area (Å²) in [6, 6.07) is 12.4. The number of rotatable bonds is 5. The fourth-order valence-electron chi connectivity index (χ4n) is 4.68. The van der Waals surface area contributed by atoms with Crippen molar-refractivity contribution in [3.05, 3.63) is 57.8 Å². The molecule has 3 aliphatic heterocycles. The maximum absolute atomic E-state index is 5.62. The van der Waals surface area contributed by atoms with Gasteiger partial charge < -0.3 is 4.74 Å². The summed E-state index contributed by atoms with van der Waals surface area (Å²) in [5.74, 6) is 1.09. The van der Waals surface area contributed by atoms with E-state index in [2.05, 4.69) is 61.0 Å². The Labute approximate surface area is 163 Å². The summed E-state index contributed by atoms with van der Waals surface area (Å²) in [5, 5.41) is 0. The lowest BCUT2D eigenvalue weighted by Crippen LogP contribution is -2.46. The maximum Gasteiger partial charge on any atom is 0.122 e. The van der Waals surface area contributed by atoms with Gasteiger partial charge >= 0.3 is 0 Å². The van der Waals surface area contributed by atoms with Crippen molar-refractivity contribution in [2.24, 2.45) is 0 Å². The largest absolute Gasteiger partial charge is 0.493 e. The van der Waals surface area contributed by atoms with Crippen molar-refractivity contribution >= 4 is 15.9 Å². The summed E-state index contributed by atoms with van der Waals surface area (Å²) in [7, 11) is 0. The summed E-state index contributed by atoms with van der Waals surface area (Å²) >= 11 is 3.46. The van der Waals surface area contributed by atoms with Crippen LogP contribution in [-0.2, 0) is 19.4 Å². The van der Waals surface area contributed by atoms with Gasteiger partial charge in [-0.25, -0.2) is 0 Å². The third-order valence-electron chi connectivity index (χ3n) is 6.06. The van der Waals surface area contributed by atoms with E-state index < -0.39 is 0 Å². The number of fused-ring (bicyclic) bond motifs is 3. The summed E-state index contributed by atoms with van der Waals surface area (Å²) in [6.07, 6.45) is 5.42. The molecule has 1 aromatic heterocycles. The molecule has 0 aliphatic carbocycles. The van der Waals surface area contributed by atoms with E-state index in [4.69, 9.17) is 4.74 Å². The zero-order valence-corrected chi connectivity index (χ0v) is 16.5. The molecule has 0 radical (unpaired) electrons. The molecule has 5 heteroatoms. The molecule has 2 aromatic rings. The van der Waals surface area contributed by atoms with Gasteiger partial charge in [0.1, 0.15) is 5.75 Å². The van der Waals surface area contributed by atoms with Crippen LogP contribution in [0, 0.1) is 0 Å². The minimum Gasteiger partial charge on any atom is -0.493 e. The smallest absolute Gasteiger partial charge is 0.122 e. The van der Waals surface area contributed by atoms with Crippen molar-refractivity contribution in [2.45, 2.75) is 37.9 Å². The Morgan fingerprint density at radius 2 is 2.00 bits per heavy atom. The average Bonchev–Trinajstić information content (AvgIpc) is 3.36. The van der Waals surface area contributed by atoms with Crippen LogP contribution in [0.15, 0.2) is 41.0 Å². The van der Waals surface area contributed by atoms with Crippen LogP contribution in [0.3, 0.4) is 0 Å². The first-order chi connectivity index (χ1) is 12.7. The van der Waals surface area contributed by atoms with Gasteiger partial charge in [0.2, 0.25) is 0 Å². The fraction of sp³-hybridized carbons (Fsp3) is 0.476. The molecule has 5 rings (SSSR count). The molecule has 2 atom stereocenters. The zero-order valence-electron chi connectivity index (χ0n) is 14.9. The second kappa shape index (κ2) is 6.95. The Hall–Kier alpha value is -1.43. The van der Waals surface area contributed by atoms with Crippen molar-refractivity contribution in [3.63, 3.8) is 0 Å². The molecule has 4 nitrogen and oxygen atoms in total. The Bertz CT molecular complexity index is 794. The van der Waals surface area contributed by atoms with Crippen LogP contribution in [-0.4, -0.2) is 53.1 Å². The van der Waals surface area contributed by atoms with Gasteiger partial charge in [-0.2, -0.15) is 0 Å². The number of hydrogen-bond donors (Lipinski definition) is 0. The monoisotopic (exact) mass is 413 g/mol. The number of hydrogen-bond acceptors (Lipinski definition) is 4. The highest BCUT2D eigenvalue weighted by molar-refractivity contribution is 9.10. The van der Waals surface area contributed by atoms with E-state index in [-0.39, 0.29) is 0 Å². The molecule has 26 heavy (non-hydrogen) atoms. The number of halogens is 1. The van der Waals surface area contributed by atoms with Crippen molar-refractivity contribution in [3.8, 4) is 5.75 Å². The number of nitrogens with zero attached hydrogens (tertiary/aromatic N) is 3. The number of ether oxygens (including phenoxy) is 1.